The van der Waals surface area contributed by atoms with Crippen molar-refractivity contribution in [2.45, 2.75) is 57.3 Å². The SMILES string of the molecule is COc1cc([C@@H](C)CC2CC[C@H](c3ccc(C(=O)CCC(N)=O)cc3)C2)ccc1F. The summed E-state index contributed by atoms with van der Waals surface area (Å²) in [7, 11) is 1.49. The molecule has 2 aromatic carbocycles. The highest BCUT2D eigenvalue weighted by Crippen LogP contribution is 2.42. The van der Waals surface area contributed by atoms with Crippen molar-refractivity contribution < 1.29 is 18.7 Å². The first-order chi connectivity index (χ1) is 14.4. The van der Waals surface area contributed by atoms with E-state index in [2.05, 4.69) is 6.92 Å². The molecule has 0 bridgehead atoms. The summed E-state index contributed by atoms with van der Waals surface area (Å²) >= 11 is 0. The first-order valence-electron chi connectivity index (χ1n) is 10.6. The third kappa shape index (κ3) is 5.47. The lowest BCUT2D eigenvalue weighted by molar-refractivity contribution is -0.118. The van der Waals surface area contributed by atoms with Gasteiger partial charge in [-0.1, -0.05) is 37.3 Å². The third-order valence-electron chi connectivity index (χ3n) is 6.27. The third-order valence-corrected chi connectivity index (χ3v) is 6.27. The minimum absolute atomic E-state index is 0.0480. The molecule has 1 aliphatic rings. The highest BCUT2D eigenvalue weighted by Gasteiger charge is 2.27. The fourth-order valence-corrected chi connectivity index (χ4v) is 4.53. The zero-order chi connectivity index (χ0) is 21.7. The maximum absolute atomic E-state index is 13.7. The smallest absolute Gasteiger partial charge is 0.217 e. The number of Topliss-reactive ketones (excluding diaryl/α,β-unsaturated/α-hetero) is 1. The van der Waals surface area contributed by atoms with Gasteiger partial charge in [-0.05, 0) is 66.7 Å². The standard InChI is InChI=1S/C25H30FNO3/c1-16(20-9-10-22(26)24(15-20)30-2)13-17-3-4-21(14-17)18-5-7-19(8-6-18)23(28)11-12-25(27)29/h5-10,15-17,21H,3-4,11-14H2,1-2H3,(H2,27,29)/t16-,17?,21-/m0/s1. The van der Waals surface area contributed by atoms with Gasteiger partial charge in [0.1, 0.15) is 0 Å². The molecule has 30 heavy (non-hydrogen) atoms. The molecule has 0 radical (unpaired) electrons. The van der Waals surface area contributed by atoms with Crippen molar-refractivity contribution in [2.24, 2.45) is 11.7 Å². The summed E-state index contributed by atoms with van der Waals surface area (Å²) in [5, 5.41) is 0. The van der Waals surface area contributed by atoms with Crippen LogP contribution in [0.2, 0.25) is 0 Å². The number of ketones is 1. The molecule has 3 rings (SSSR count). The Bertz CT molecular complexity index is 894. The molecule has 0 aliphatic heterocycles. The number of nitrogens with two attached hydrogens (primary N) is 1. The molecule has 0 aromatic heterocycles. The summed E-state index contributed by atoms with van der Waals surface area (Å²) in [4.78, 5) is 23.0. The molecule has 0 heterocycles. The van der Waals surface area contributed by atoms with Gasteiger partial charge < -0.3 is 10.5 Å². The van der Waals surface area contributed by atoms with Crippen LogP contribution in [0.5, 0.6) is 5.75 Å². The molecule has 3 atom stereocenters. The van der Waals surface area contributed by atoms with E-state index < -0.39 is 5.91 Å². The number of amides is 1. The molecule has 1 saturated carbocycles. The number of carbonyl (C=O) groups is 2. The van der Waals surface area contributed by atoms with Crippen molar-refractivity contribution in [1.82, 2.24) is 0 Å². The molecule has 1 aliphatic carbocycles. The molecule has 1 unspecified atom stereocenters. The first-order valence-corrected chi connectivity index (χ1v) is 10.6. The van der Waals surface area contributed by atoms with Gasteiger partial charge in [-0.15, -0.1) is 0 Å². The summed E-state index contributed by atoms with van der Waals surface area (Å²) < 4.78 is 18.8. The van der Waals surface area contributed by atoms with Gasteiger partial charge in [-0.3, -0.25) is 9.59 Å². The van der Waals surface area contributed by atoms with E-state index in [0.29, 0.717) is 29.1 Å². The zero-order valence-corrected chi connectivity index (χ0v) is 17.7. The number of rotatable bonds is 9. The van der Waals surface area contributed by atoms with E-state index >= 15 is 0 Å². The number of methoxy groups -OCH3 is 1. The number of carbonyl (C=O) groups excluding carboxylic acids is 2. The Hall–Kier alpha value is -2.69. The lowest BCUT2D eigenvalue weighted by Crippen LogP contribution is -2.12. The van der Waals surface area contributed by atoms with Crippen LogP contribution in [-0.2, 0) is 4.79 Å². The highest BCUT2D eigenvalue weighted by atomic mass is 19.1. The van der Waals surface area contributed by atoms with Gasteiger partial charge >= 0.3 is 0 Å². The number of halogens is 1. The van der Waals surface area contributed by atoms with Crippen LogP contribution in [0.3, 0.4) is 0 Å². The monoisotopic (exact) mass is 411 g/mol. The van der Waals surface area contributed by atoms with E-state index in [-0.39, 0.29) is 24.4 Å². The van der Waals surface area contributed by atoms with Crippen LogP contribution >= 0.6 is 0 Å². The minimum atomic E-state index is -0.453. The van der Waals surface area contributed by atoms with E-state index in [4.69, 9.17) is 10.5 Å². The molecule has 0 spiro atoms. The number of hydrogen-bond acceptors (Lipinski definition) is 3. The Morgan fingerprint density at radius 1 is 1.13 bits per heavy atom. The van der Waals surface area contributed by atoms with Crippen molar-refractivity contribution in [3.8, 4) is 5.75 Å². The van der Waals surface area contributed by atoms with Crippen LogP contribution in [-0.4, -0.2) is 18.8 Å². The van der Waals surface area contributed by atoms with E-state index in [0.717, 1.165) is 24.8 Å². The van der Waals surface area contributed by atoms with Crippen molar-refractivity contribution >= 4 is 11.7 Å². The molecule has 4 nitrogen and oxygen atoms in total. The van der Waals surface area contributed by atoms with Gasteiger partial charge in [-0.2, -0.15) is 0 Å². The fraction of sp³-hybridized carbons (Fsp3) is 0.440. The molecule has 2 aromatic rings. The lowest BCUT2D eigenvalue weighted by Gasteiger charge is -2.18. The molecule has 5 heteroatoms. The van der Waals surface area contributed by atoms with Crippen LogP contribution in [0.1, 0.15) is 78.8 Å². The Morgan fingerprint density at radius 3 is 2.53 bits per heavy atom. The van der Waals surface area contributed by atoms with Crippen LogP contribution in [0.4, 0.5) is 4.39 Å². The van der Waals surface area contributed by atoms with E-state index in [1.807, 2.05) is 30.3 Å². The van der Waals surface area contributed by atoms with Gasteiger partial charge in [0.2, 0.25) is 5.91 Å². The first kappa shape index (κ1) is 22.0. The molecular weight excluding hydrogens is 381 g/mol. The van der Waals surface area contributed by atoms with Crippen LogP contribution in [0, 0.1) is 11.7 Å². The van der Waals surface area contributed by atoms with Crippen molar-refractivity contribution in [3.05, 3.63) is 65.0 Å². The predicted molar refractivity (Wildman–Crippen MR) is 115 cm³/mol. The average Bonchev–Trinajstić information content (AvgIpc) is 3.20. The second kappa shape index (κ2) is 9.88. The molecule has 0 saturated heterocycles. The average molecular weight is 412 g/mol. The molecule has 160 valence electrons. The number of primary amides is 1. The Labute approximate surface area is 177 Å². The van der Waals surface area contributed by atoms with Gasteiger partial charge in [0.25, 0.3) is 0 Å². The summed E-state index contributed by atoms with van der Waals surface area (Å²) in [6.45, 7) is 2.19. The highest BCUT2D eigenvalue weighted by molar-refractivity contribution is 5.97. The number of ether oxygens (including phenoxy) is 1. The fourth-order valence-electron chi connectivity index (χ4n) is 4.53. The van der Waals surface area contributed by atoms with Gasteiger partial charge in [-0.25, -0.2) is 4.39 Å². The largest absolute Gasteiger partial charge is 0.494 e. The van der Waals surface area contributed by atoms with Crippen molar-refractivity contribution in [3.63, 3.8) is 0 Å². The summed E-state index contributed by atoms with van der Waals surface area (Å²) in [6.07, 6.45) is 4.74. The number of benzene rings is 2. The van der Waals surface area contributed by atoms with Crippen LogP contribution in [0.25, 0.3) is 0 Å². The maximum atomic E-state index is 13.7. The minimum Gasteiger partial charge on any atom is -0.494 e. The normalized spacial score (nSPS) is 19.4. The zero-order valence-electron chi connectivity index (χ0n) is 17.7. The van der Waals surface area contributed by atoms with Gasteiger partial charge in [0.15, 0.2) is 17.3 Å². The Kier molecular flexibility index (Phi) is 7.24. The molecule has 1 fully saturated rings. The maximum Gasteiger partial charge on any atom is 0.217 e. The Balaban J connectivity index is 1.56. The molecule has 2 N–H and O–H groups in total. The second-order valence-corrected chi connectivity index (χ2v) is 8.42. The number of hydrogen-bond donors (Lipinski definition) is 1. The lowest BCUT2D eigenvalue weighted by atomic mass is 9.87. The van der Waals surface area contributed by atoms with Crippen LogP contribution < -0.4 is 10.5 Å². The molecule has 1 amide bonds. The predicted octanol–water partition coefficient (Wildman–Crippen LogP) is 5.36. The molecular formula is C25H30FNO3. The summed E-state index contributed by atoms with van der Waals surface area (Å²) in [5.74, 6) is 0.935. The van der Waals surface area contributed by atoms with Crippen molar-refractivity contribution in [2.75, 3.05) is 7.11 Å². The van der Waals surface area contributed by atoms with Gasteiger partial charge in [0.05, 0.1) is 7.11 Å². The topological polar surface area (TPSA) is 69.4 Å². The summed E-state index contributed by atoms with van der Waals surface area (Å²) in [6, 6.07) is 12.9. The van der Waals surface area contributed by atoms with Crippen LogP contribution in [0.15, 0.2) is 42.5 Å². The Morgan fingerprint density at radius 2 is 1.87 bits per heavy atom. The van der Waals surface area contributed by atoms with Crippen molar-refractivity contribution in [1.29, 1.82) is 0 Å². The van der Waals surface area contributed by atoms with E-state index in [9.17, 15) is 14.0 Å². The second-order valence-electron chi connectivity index (χ2n) is 8.42. The van der Waals surface area contributed by atoms with E-state index in [1.54, 1.807) is 6.07 Å². The van der Waals surface area contributed by atoms with E-state index in [1.165, 1.54) is 25.2 Å². The summed E-state index contributed by atoms with van der Waals surface area (Å²) in [5.41, 5.74) is 8.12. The van der Waals surface area contributed by atoms with Gasteiger partial charge in [0, 0.05) is 18.4 Å². The quantitative estimate of drug-likeness (QED) is 0.565.